The van der Waals surface area contributed by atoms with Crippen molar-refractivity contribution in [1.29, 1.82) is 0 Å². The number of rotatable bonds is 7. The van der Waals surface area contributed by atoms with Gasteiger partial charge in [-0.05, 0) is 0 Å². The maximum atomic E-state index is 10.5. The fourth-order valence-electron chi connectivity index (χ4n) is 1.60. The Morgan fingerprint density at radius 2 is 1.56 bits per heavy atom. The first kappa shape index (κ1) is 12.1. The minimum Gasteiger partial charge on any atom is -0.371 e. The molecule has 18 heavy (non-hydrogen) atoms. The number of aliphatic hydroxyl groups is 1. The first-order valence-corrected chi connectivity index (χ1v) is 6.05. The van der Waals surface area contributed by atoms with Crippen molar-refractivity contribution in [2.75, 3.05) is 26.4 Å². The quantitative estimate of drug-likeness (QED) is 0.569. The summed E-state index contributed by atoms with van der Waals surface area (Å²) in [4.78, 5) is 0. The maximum absolute atomic E-state index is 10.5. The maximum Gasteiger partial charge on any atom is 0.309 e. The van der Waals surface area contributed by atoms with Gasteiger partial charge in [0.25, 0.3) is 0 Å². The molecular weight excluding hydrogens is 236 g/mol. The number of hydrogen-bond donors (Lipinski definition) is 1. The molecule has 0 spiro atoms. The third-order valence-electron chi connectivity index (χ3n) is 2.87. The molecule has 2 fully saturated rings. The Morgan fingerprint density at radius 3 is 2.00 bits per heavy atom. The number of epoxide rings is 2. The molecule has 2 saturated heterocycles. The second-order valence-corrected chi connectivity index (χ2v) is 4.48. The van der Waals surface area contributed by atoms with E-state index in [1.165, 1.54) is 0 Å². The Kier molecular flexibility index (Phi) is 3.32. The van der Waals surface area contributed by atoms with E-state index in [4.69, 9.17) is 18.9 Å². The van der Waals surface area contributed by atoms with Crippen LogP contribution in [0, 0.1) is 0 Å². The topological polar surface area (TPSA) is 63.8 Å². The lowest BCUT2D eigenvalue weighted by atomic mass is 10.2. The summed E-state index contributed by atoms with van der Waals surface area (Å²) in [6.07, 6.45) is 0.141. The summed E-state index contributed by atoms with van der Waals surface area (Å²) < 4.78 is 21.1. The summed E-state index contributed by atoms with van der Waals surface area (Å²) in [5.41, 5.74) is 0.575. The molecule has 1 aromatic carbocycles. The Balaban J connectivity index is 1.67. The first-order chi connectivity index (χ1) is 8.76. The van der Waals surface area contributed by atoms with Crippen LogP contribution in [0.3, 0.4) is 0 Å². The van der Waals surface area contributed by atoms with E-state index in [0.29, 0.717) is 32.0 Å². The average Bonchev–Trinajstić information content (AvgIpc) is 3.30. The van der Waals surface area contributed by atoms with Gasteiger partial charge in [0.1, 0.15) is 12.2 Å². The molecule has 3 rings (SSSR count). The molecule has 98 valence electrons. The number of hydrogen-bond acceptors (Lipinski definition) is 5. The minimum absolute atomic E-state index is 0.0704. The molecule has 0 bridgehead atoms. The van der Waals surface area contributed by atoms with E-state index >= 15 is 0 Å². The summed E-state index contributed by atoms with van der Waals surface area (Å²) in [6.45, 7) is 1.99. The molecule has 1 N–H and O–H groups in total. The summed E-state index contributed by atoms with van der Waals surface area (Å²) in [7, 11) is 0. The van der Waals surface area contributed by atoms with Gasteiger partial charge in [-0.15, -0.1) is 0 Å². The van der Waals surface area contributed by atoms with Crippen LogP contribution in [0.1, 0.15) is 5.56 Å². The monoisotopic (exact) mass is 252 g/mol. The van der Waals surface area contributed by atoms with Crippen molar-refractivity contribution in [3.8, 4) is 0 Å². The van der Waals surface area contributed by atoms with Crippen molar-refractivity contribution < 1.29 is 24.1 Å². The third-order valence-corrected chi connectivity index (χ3v) is 2.87. The summed E-state index contributed by atoms with van der Waals surface area (Å²) in [6, 6.07) is 9.06. The largest absolute Gasteiger partial charge is 0.371 e. The lowest BCUT2D eigenvalue weighted by Gasteiger charge is -2.27. The van der Waals surface area contributed by atoms with Crippen molar-refractivity contribution in [2.24, 2.45) is 0 Å². The van der Waals surface area contributed by atoms with Crippen LogP contribution >= 0.6 is 0 Å². The minimum atomic E-state index is -1.72. The van der Waals surface area contributed by atoms with E-state index in [-0.39, 0.29) is 12.2 Å². The highest BCUT2D eigenvalue weighted by atomic mass is 16.8. The Labute approximate surface area is 105 Å². The normalized spacial score (nSPS) is 28.7. The van der Waals surface area contributed by atoms with E-state index in [0.717, 1.165) is 0 Å². The molecule has 1 aromatic rings. The van der Waals surface area contributed by atoms with Crippen LogP contribution in [0.25, 0.3) is 0 Å². The third kappa shape index (κ3) is 3.07. The number of benzene rings is 1. The van der Waals surface area contributed by atoms with Gasteiger partial charge < -0.3 is 24.1 Å². The van der Waals surface area contributed by atoms with Gasteiger partial charge in [0.15, 0.2) is 0 Å². The molecule has 5 heteroatoms. The Morgan fingerprint density at radius 1 is 1.06 bits per heavy atom. The Bertz CT molecular complexity index is 370. The molecule has 0 amide bonds. The molecule has 2 aliphatic rings. The molecule has 0 radical (unpaired) electrons. The smallest absolute Gasteiger partial charge is 0.309 e. The van der Waals surface area contributed by atoms with Gasteiger partial charge in [0.2, 0.25) is 0 Å². The van der Waals surface area contributed by atoms with Crippen molar-refractivity contribution in [3.63, 3.8) is 0 Å². The predicted molar refractivity (Wildman–Crippen MR) is 61.7 cm³/mol. The van der Waals surface area contributed by atoms with Crippen molar-refractivity contribution >= 4 is 0 Å². The molecule has 0 aliphatic carbocycles. The molecule has 2 aliphatic heterocycles. The zero-order chi connectivity index (χ0) is 12.4. The van der Waals surface area contributed by atoms with Crippen LogP contribution in [0.4, 0.5) is 0 Å². The summed E-state index contributed by atoms with van der Waals surface area (Å²) in [5.74, 6) is -1.72. The van der Waals surface area contributed by atoms with Crippen LogP contribution in [-0.4, -0.2) is 43.7 Å². The van der Waals surface area contributed by atoms with Gasteiger partial charge in [-0.2, -0.15) is 0 Å². The van der Waals surface area contributed by atoms with Crippen LogP contribution in [-0.2, 0) is 24.9 Å². The number of ether oxygens (including phenoxy) is 4. The van der Waals surface area contributed by atoms with Gasteiger partial charge in [-0.25, -0.2) is 0 Å². The van der Waals surface area contributed by atoms with Crippen molar-refractivity contribution in [1.82, 2.24) is 0 Å². The van der Waals surface area contributed by atoms with E-state index in [2.05, 4.69) is 0 Å². The average molecular weight is 252 g/mol. The molecule has 5 nitrogen and oxygen atoms in total. The molecule has 0 aromatic heterocycles. The van der Waals surface area contributed by atoms with Gasteiger partial charge in [0, 0.05) is 5.56 Å². The van der Waals surface area contributed by atoms with Gasteiger partial charge in [-0.3, -0.25) is 0 Å². The summed E-state index contributed by atoms with van der Waals surface area (Å²) in [5, 5.41) is 10.5. The standard InChI is InChI=1S/C13H16O5/c14-13(17-8-11-6-15-11,18-9-12-7-16-12)10-4-2-1-3-5-10/h1-5,11-12,14H,6-9H2. The molecule has 2 heterocycles. The molecule has 0 saturated carbocycles. The highest BCUT2D eigenvalue weighted by molar-refractivity contribution is 5.18. The highest BCUT2D eigenvalue weighted by Crippen LogP contribution is 2.27. The SMILES string of the molecule is OC(OCC1CO1)(OCC1CO1)c1ccccc1. The molecule has 2 atom stereocenters. The first-order valence-electron chi connectivity index (χ1n) is 6.05. The van der Waals surface area contributed by atoms with Gasteiger partial charge >= 0.3 is 5.97 Å². The van der Waals surface area contributed by atoms with Crippen LogP contribution in [0.2, 0.25) is 0 Å². The van der Waals surface area contributed by atoms with Crippen LogP contribution in [0.5, 0.6) is 0 Å². The molecule has 2 unspecified atom stereocenters. The van der Waals surface area contributed by atoms with E-state index in [1.807, 2.05) is 18.2 Å². The Hall–Kier alpha value is -0.980. The fraction of sp³-hybridized carbons (Fsp3) is 0.538. The van der Waals surface area contributed by atoms with E-state index < -0.39 is 5.97 Å². The molecular formula is C13H16O5. The van der Waals surface area contributed by atoms with Crippen LogP contribution in [0.15, 0.2) is 30.3 Å². The highest BCUT2D eigenvalue weighted by Gasteiger charge is 2.37. The zero-order valence-electron chi connectivity index (χ0n) is 9.95. The lowest BCUT2D eigenvalue weighted by molar-refractivity contribution is -0.374. The van der Waals surface area contributed by atoms with Gasteiger partial charge in [0.05, 0.1) is 26.4 Å². The second kappa shape index (κ2) is 4.95. The predicted octanol–water partition coefficient (Wildman–Crippen LogP) is 0.620. The van der Waals surface area contributed by atoms with Crippen molar-refractivity contribution in [3.05, 3.63) is 35.9 Å². The van der Waals surface area contributed by atoms with Gasteiger partial charge in [-0.1, -0.05) is 30.3 Å². The zero-order valence-corrected chi connectivity index (χ0v) is 9.95. The fourth-order valence-corrected chi connectivity index (χ4v) is 1.60. The van der Waals surface area contributed by atoms with E-state index in [1.54, 1.807) is 12.1 Å². The van der Waals surface area contributed by atoms with Crippen molar-refractivity contribution in [2.45, 2.75) is 18.2 Å². The van der Waals surface area contributed by atoms with E-state index in [9.17, 15) is 5.11 Å². The second-order valence-electron chi connectivity index (χ2n) is 4.48. The summed E-state index contributed by atoms with van der Waals surface area (Å²) >= 11 is 0. The van der Waals surface area contributed by atoms with Crippen LogP contribution < -0.4 is 0 Å². The lowest BCUT2D eigenvalue weighted by Crippen LogP contribution is -2.35.